The zero-order valence-corrected chi connectivity index (χ0v) is 13.6. The Bertz CT molecular complexity index is 744. The fourth-order valence-corrected chi connectivity index (χ4v) is 3.04. The molecule has 3 rings (SSSR count). The quantitative estimate of drug-likeness (QED) is 0.716. The summed E-state index contributed by atoms with van der Waals surface area (Å²) in [4.78, 5) is 23.1. The summed E-state index contributed by atoms with van der Waals surface area (Å²) >= 11 is 1.63. The number of aromatic nitrogens is 2. The van der Waals surface area contributed by atoms with Crippen LogP contribution in [0.4, 0.5) is 5.69 Å². The molecule has 116 valence electrons. The molecule has 0 aromatic carbocycles. The Morgan fingerprint density at radius 2 is 1.96 bits per heavy atom. The van der Waals surface area contributed by atoms with Crippen LogP contribution in [0.15, 0.2) is 65.9 Å². The fourth-order valence-electron chi connectivity index (χ4n) is 2.38. The molecule has 0 aliphatic heterocycles. The smallest absolute Gasteiger partial charge is 0.234 e. The number of amides is 1. The summed E-state index contributed by atoms with van der Waals surface area (Å²) in [5.41, 5.74) is 2.83. The second-order valence-electron chi connectivity index (χ2n) is 5.28. The number of hydrogen-bond acceptors (Lipinski definition) is 4. The van der Waals surface area contributed by atoms with Crippen molar-refractivity contribution in [3.63, 3.8) is 0 Å². The highest BCUT2D eigenvalue weighted by Crippen LogP contribution is 2.24. The highest BCUT2D eigenvalue weighted by molar-refractivity contribution is 7.07. The minimum atomic E-state index is -0.262. The zero-order chi connectivity index (χ0) is 16.1. The van der Waals surface area contributed by atoms with E-state index in [2.05, 4.69) is 15.3 Å². The average Bonchev–Trinajstić information content (AvgIpc) is 3.13. The van der Waals surface area contributed by atoms with Crippen LogP contribution in [-0.4, -0.2) is 15.9 Å². The van der Waals surface area contributed by atoms with Crippen LogP contribution in [0.1, 0.15) is 24.0 Å². The minimum Gasteiger partial charge on any atom is -0.306 e. The summed E-state index contributed by atoms with van der Waals surface area (Å²) in [6, 6.07) is 9.58. The van der Waals surface area contributed by atoms with Crippen molar-refractivity contribution >= 4 is 22.9 Å². The maximum Gasteiger partial charge on any atom is 0.234 e. The number of rotatable bonds is 5. The Morgan fingerprint density at radius 1 is 1.17 bits per heavy atom. The normalized spacial score (nSPS) is 11.9. The van der Waals surface area contributed by atoms with Crippen molar-refractivity contribution in [3.8, 4) is 0 Å². The number of nitrogens with zero attached hydrogens (tertiary/aromatic N) is 3. The van der Waals surface area contributed by atoms with Gasteiger partial charge in [0.05, 0.1) is 24.3 Å². The largest absolute Gasteiger partial charge is 0.306 e. The van der Waals surface area contributed by atoms with Gasteiger partial charge in [-0.1, -0.05) is 6.07 Å². The van der Waals surface area contributed by atoms with Crippen molar-refractivity contribution < 1.29 is 4.79 Å². The second-order valence-corrected chi connectivity index (χ2v) is 6.06. The lowest BCUT2D eigenvalue weighted by atomic mass is 10.0. The fraction of sp³-hybridized carbons (Fsp3) is 0.167. The number of hydrogen-bond donors (Lipinski definition) is 0. The van der Waals surface area contributed by atoms with E-state index in [9.17, 15) is 4.79 Å². The van der Waals surface area contributed by atoms with Crippen molar-refractivity contribution in [1.82, 2.24) is 9.97 Å². The van der Waals surface area contributed by atoms with Gasteiger partial charge in [-0.05, 0) is 53.1 Å². The van der Waals surface area contributed by atoms with Gasteiger partial charge in [-0.25, -0.2) is 0 Å². The summed E-state index contributed by atoms with van der Waals surface area (Å²) < 4.78 is 0. The average molecular weight is 323 g/mol. The molecule has 0 saturated carbocycles. The van der Waals surface area contributed by atoms with Gasteiger partial charge in [0.15, 0.2) is 0 Å². The SMILES string of the molecule is CC(C(=O)N(Cc1ccsc1)c1cccnc1)c1cccnc1. The Balaban J connectivity index is 1.89. The molecular formula is C18H17N3OS. The van der Waals surface area contributed by atoms with Gasteiger partial charge >= 0.3 is 0 Å². The Kier molecular flexibility index (Phi) is 4.78. The maximum atomic E-state index is 13.0. The third-order valence-corrected chi connectivity index (χ3v) is 4.43. The lowest BCUT2D eigenvalue weighted by Crippen LogP contribution is -2.33. The molecule has 23 heavy (non-hydrogen) atoms. The van der Waals surface area contributed by atoms with Gasteiger partial charge in [-0.2, -0.15) is 11.3 Å². The van der Waals surface area contributed by atoms with Crippen molar-refractivity contribution in [2.45, 2.75) is 19.4 Å². The van der Waals surface area contributed by atoms with E-state index >= 15 is 0 Å². The van der Waals surface area contributed by atoms with Crippen LogP contribution >= 0.6 is 11.3 Å². The summed E-state index contributed by atoms with van der Waals surface area (Å²) in [6.07, 6.45) is 6.89. The van der Waals surface area contributed by atoms with Crippen LogP contribution < -0.4 is 4.90 Å². The second kappa shape index (κ2) is 7.15. The van der Waals surface area contributed by atoms with Gasteiger partial charge < -0.3 is 4.90 Å². The minimum absolute atomic E-state index is 0.0391. The van der Waals surface area contributed by atoms with Gasteiger partial charge in [-0.15, -0.1) is 0 Å². The molecule has 0 radical (unpaired) electrons. The molecule has 4 nitrogen and oxygen atoms in total. The highest BCUT2D eigenvalue weighted by Gasteiger charge is 2.24. The van der Waals surface area contributed by atoms with Crippen molar-refractivity contribution in [3.05, 3.63) is 77.0 Å². The molecule has 0 spiro atoms. The van der Waals surface area contributed by atoms with Gasteiger partial charge in [0.2, 0.25) is 5.91 Å². The molecule has 0 N–H and O–H groups in total. The topological polar surface area (TPSA) is 46.1 Å². The Hall–Kier alpha value is -2.53. The lowest BCUT2D eigenvalue weighted by molar-refractivity contribution is -0.119. The molecule has 1 atom stereocenters. The number of pyridine rings is 2. The van der Waals surface area contributed by atoms with Crippen LogP contribution in [0.3, 0.4) is 0 Å². The highest BCUT2D eigenvalue weighted by atomic mass is 32.1. The number of carbonyl (C=O) groups is 1. The number of anilines is 1. The van der Waals surface area contributed by atoms with E-state index in [4.69, 9.17) is 0 Å². The first-order valence-corrected chi connectivity index (χ1v) is 8.32. The van der Waals surface area contributed by atoms with Crippen LogP contribution in [0.2, 0.25) is 0 Å². The maximum absolute atomic E-state index is 13.0. The monoisotopic (exact) mass is 323 g/mol. The van der Waals surface area contributed by atoms with Crippen LogP contribution in [0.5, 0.6) is 0 Å². The lowest BCUT2D eigenvalue weighted by Gasteiger charge is -2.25. The Labute approximate surface area is 139 Å². The van der Waals surface area contributed by atoms with Crippen LogP contribution in [0, 0.1) is 0 Å². The van der Waals surface area contributed by atoms with Crippen molar-refractivity contribution in [1.29, 1.82) is 0 Å². The van der Waals surface area contributed by atoms with Crippen LogP contribution in [0.25, 0.3) is 0 Å². The van der Waals surface area contributed by atoms with Crippen molar-refractivity contribution in [2.75, 3.05) is 4.90 Å². The van der Waals surface area contributed by atoms with Crippen molar-refractivity contribution in [2.24, 2.45) is 0 Å². The van der Waals surface area contributed by atoms with E-state index in [1.54, 1.807) is 41.0 Å². The van der Waals surface area contributed by atoms with Gasteiger partial charge in [0, 0.05) is 18.6 Å². The summed E-state index contributed by atoms with van der Waals surface area (Å²) in [5.74, 6) is -0.222. The molecule has 0 fully saturated rings. The summed E-state index contributed by atoms with van der Waals surface area (Å²) in [7, 11) is 0. The first kappa shape index (κ1) is 15.4. The van der Waals surface area contributed by atoms with Gasteiger partial charge in [0.25, 0.3) is 0 Å². The van der Waals surface area contributed by atoms with E-state index in [-0.39, 0.29) is 11.8 Å². The molecule has 0 bridgehead atoms. The molecular weight excluding hydrogens is 306 g/mol. The predicted octanol–water partition coefficient (Wildman–Crippen LogP) is 3.88. The first-order chi connectivity index (χ1) is 11.3. The Morgan fingerprint density at radius 3 is 2.57 bits per heavy atom. The van der Waals surface area contributed by atoms with Gasteiger partial charge in [0.1, 0.15) is 0 Å². The van der Waals surface area contributed by atoms with E-state index in [1.807, 2.05) is 42.6 Å². The number of carbonyl (C=O) groups excluding carboxylic acids is 1. The van der Waals surface area contributed by atoms with Gasteiger partial charge in [-0.3, -0.25) is 14.8 Å². The van der Waals surface area contributed by atoms with Crippen LogP contribution in [-0.2, 0) is 11.3 Å². The summed E-state index contributed by atoms with van der Waals surface area (Å²) in [5, 5.41) is 4.08. The molecule has 3 aromatic rings. The molecule has 0 aliphatic rings. The first-order valence-electron chi connectivity index (χ1n) is 7.38. The standard InChI is InChI=1S/C18H17N3OS/c1-14(16-4-2-7-19-10-16)18(22)21(12-15-6-9-23-13-15)17-5-3-8-20-11-17/h2-11,13-14H,12H2,1H3. The molecule has 1 unspecified atom stereocenters. The zero-order valence-electron chi connectivity index (χ0n) is 12.8. The molecule has 1 amide bonds. The summed E-state index contributed by atoms with van der Waals surface area (Å²) in [6.45, 7) is 2.45. The van der Waals surface area contributed by atoms with E-state index < -0.39 is 0 Å². The molecule has 5 heteroatoms. The third kappa shape index (κ3) is 3.63. The predicted molar refractivity (Wildman–Crippen MR) is 92.4 cm³/mol. The molecule has 3 aromatic heterocycles. The molecule has 3 heterocycles. The van der Waals surface area contributed by atoms with E-state index in [1.165, 1.54) is 0 Å². The molecule has 0 saturated heterocycles. The molecule has 0 aliphatic carbocycles. The van der Waals surface area contributed by atoms with E-state index in [0.717, 1.165) is 16.8 Å². The third-order valence-electron chi connectivity index (χ3n) is 3.70. The number of thiophene rings is 1. The van der Waals surface area contributed by atoms with E-state index in [0.29, 0.717) is 6.54 Å².